The lowest BCUT2D eigenvalue weighted by atomic mass is 10.2. The molecule has 0 saturated heterocycles. The number of esters is 1. The fourth-order valence-electron chi connectivity index (χ4n) is 2.53. The summed E-state index contributed by atoms with van der Waals surface area (Å²) in [4.78, 5) is 11.9. The van der Waals surface area contributed by atoms with Gasteiger partial charge in [-0.15, -0.1) is 0 Å². The van der Waals surface area contributed by atoms with Crippen molar-refractivity contribution < 1.29 is 27.4 Å². The van der Waals surface area contributed by atoms with Gasteiger partial charge in [-0.3, -0.25) is 4.79 Å². The van der Waals surface area contributed by atoms with E-state index in [1.807, 2.05) is 0 Å². The highest BCUT2D eigenvalue weighted by Gasteiger charge is 2.19. The van der Waals surface area contributed by atoms with Gasteiger partial charge in [0.1, 0.15) is 19.8 Å². The number of halogens is 1. The predicted molar refractivity (Wildman–Crippen MR) is 103 cm³/mol. The van der Waals surface area contributed by atoms with Crippen LogP contribution in [0.15, 0.2) is 47.4 Å². The summed E-state index contributed by atoms with van der Waals surface area (Å²) in [6, 6.07) is 11.4. The second kappa shape index (κ2) is 9.27. The van der Waals surface area contributed by atoms with Crippen LogP contribution in [0.5, 0.6) is 11.5 Å². The number of hydrogen-bond donors (Lipinski definition) is 1. The summed E-state index contributed by atoms with van der Waals surface area (Å²) in [6.45, 7) is 1.08. The number of carbonyl (C=O) groups excluding carboxylic acids is 1. The minimum Gasteiger partial charge on any atom is -0.486 e. The molecule has 3 rings (SSSR count). The Morgan fingerprint density at radius 3 is 2.54 bits per heavy atom. The van der Waals surface area contributed by atoms with E-state index in [2.05, 4.69) is 4.72 Å². The highest BCUT2D eigenvalue weighted by atomic mass is 35.5. The average molecular weight is 426 g/mol. The summed E-state index contributed by atoms with van der Waals surface area (Å²) in [5, 5.41) is 0.611. The molecule has 0 fully saturated rings. The third-order valence-corrected chi connectivity index (χ3v) is 5.70. The van der Waals surface area contributed by atoms with Crippen LogP contribution in [0.3, 0.4) is 0 Å². The molecular weight excluding hydrogens is 406 g/mol. The maximum absolute atomic E-state index is 12.4. The number of sulfonamides is 1. The lowest BCUT2D eigenvalue weighted by Crippen LogP contribution is -2.25. The van der Waals surface area contributed by atoms with Crippen molar-refractivity contribution in [2.24, 2.45) is 0 Å². The Labute approximate surface area is 168 Å². The summed E-state index contributed by atoms with van der Waals surface area (Å²) in [5.74, 6) is 0.530. The topological polar surface area (TPSA) is 90.9 Å². The van der Waals surface area contributed by atoms with E-state index in [-0.39, 0.29) is 24.5 Å². The molecule has 0 spiro atoms. The fraction of sp³-hybridized carbons (Fsp3) is 0.316. The average Bonchev–Trinajstić information content (AvgIpc) is 2.70. The van der Waals surface area contributed by atoms with E-state index in [1.54, 1.807) is 30.3 Å². The van der Waals surface area contributed by atoms with Crippen LogP contribution in [0.1, 0.15) is 18.4 Å². The normalized spacial score (nSPS) is 13.2. The number of ether oxygens (including phenoxy) is 3. The van der Waals surface area contributed by atoms with Crippen LogP contribution in [0, 0.1) is 0 Å². The molecule has 7 nitrogen and oxygen atoms in total. The minimum atomic E-state index is -3.70. The molecule has 0 aliphatic carbocycles. The van der Waals surface area contributed by atoms with Crippen LogP contribution in [0.25, 0.3) is 0 Å². The monoisotopic (exact) mass is 425 g/mol. The number of nitrogens with one attached hydrogen (secondary N) is 1. The SMILES string of the molecule is O=C(CCCNS(=O)(=O)c1ccc2c(c1)OCCO2)OCc1ccc(Cl)cc1. The first kappa shape index (κ1) is 20.4. The zero-order valence-corrected chi connectivity index (χ0v) is 16.6. The quantitative estimate of drug-likeness (QED) is 0.516. The van der Waals surface area contributed by atoms with E-state index in [9.17, 15) is 13.2 Å². The molecule has 1 heterocycles. The van der Waals surface area contributed by atoms with Crippen LogP contribution in [0.2, 0.25) is 5.02 Å². The summed E-state index contributed by atoms with van der Waals surface area (Å²) in [6.07, 6.45) is 0.431. The van der Waals surface area contributed by atoms with Crippen molar-refractivity contribution in [1.29, 1.82) is 0 Å². The van der Waals surface area contributed by atoms with Gasteiger partial charge in [-0.25, -0.2) is 13.1 Å². The first-order chi connectivity index (χ1) is 13.4. The van der Waals surface area contributed by atoms with E-state index >= 15 is 0 Å². The highest BCUT2D eigenvalue weighted by molar-refractivity contribution is 7.89. The summed E-state index contributed by atoms with van der Waals surface area (Å²) in [7, 11) is -3.70. The molecular formula is C19H20ClNO6S. The van der Waals surface area contributed by atoms with Crippen LogP contribution in [-0.4, -0.2) is 34.1 Å². The van der Waals surface area contributed by atoms with Gasteiger partial charge >= 0.3 is 5.97 Å². The second-order valence-electron chi connectivity index (χ2n) is 6.09. The van der Waals surface area contributed by atoms with Gasteiger partial charge in [-0.1, -0.05) is 23.7 Å². The van der Waals surface area contributed by atoms with Crippen LogP contribution < -0.4 is 14.2 Å². The van der Waals surface area contributed by atoms with E-state index in [4.69, 9.17) is 25.8 Å². The molecule has 2 aromatic rings. The molecule has 1 aliphatic heterocycles. The van der Waals surface area contributed by atoms with E-state index < -0.39 is 16.0 Å². The van der Waals surface area contributed by atoms with Gasteiger partial charge in [0.25, 0.3) is 0 Å². The fourth-order valence-corrected chi connectivity index (χ4v) is 3.75. The molecule has 1 aliphatic rings. The molecule has 0 aromatic heterocycles. The summed E-state index contributed by atoms with van der Waals surface area (Å²) in [5.41, 5.74) is 0.831. The van der Waals surface area contributed by atoms with Crippen LogP contribution in [0.4, 0.5) is 0 Å². The summed E-state index contributed by atoms with van der Waals surface area (Å²) < 4.78 is 43.1. The van der Waals surface area contributed by atoms with Crippen molar-refractivity contribution in [3.8, 4) is 11.5 Å². The molecule has 2 aromatic carbocycles. The van der Waals surface area contributed by atoms with E-state index in [0.29, 0.717) is 36.2 Å². The first-order valence-electron chi connectivity index (χ1n) is 8.73. The number of carbonyl (C=O) groups is 1. The number of fused-ring (bicyclic) bond motifs is 1. The summed E-state index contributed by atoms with van der Waals surface area (Å²) >= 11 is 5.80. The van der Waals surface area contributed by atoms with Crippen molar-refractivity contribution >= 4 is 27.6 Å². The Hall–Kier alpha value is -2.29. The van der Waals surface area contributed by atoms with Crippen molar-refractivity contribution in [3.63, 3.8) is 0 Å². The van der Waals surface area contributed by atoms with Gasteiger partial charge in [0, 0.05) is 24.1 Å². The Bertz CT molecular complexity index is 930. The first-order valence-corrected chi connectivity index (χ1v) is 10.6. The molecule has 9 heteroatoms. The molecule has 0 saturated carbocycles. The van der Waals surface area contributed by atoms with Crippen molar-refractivity contribution in [1.82, 2.24) is 4.72 Å². The molecule has 28 heavy (non-hydrogen) atoms. The van der Waals surface area contributed by atoms with Crippen LogP contribution in [-0.2, 0) is 26.2 Å². The Kier molecular flexibility index (Phi) is 6.77. The maximum atomic E-state index is 12.4. The Balaban J connectivity index is 1.42. The van der Waals surface area contributed by atoms with E-state index in [1.165, 1.54) is 12.1 Å². The number of benzene rings is 2. The number of rotatable bonds is 8. The molecule has 1 N–H and O–H groups in total. The van der Waals surface area contributed by atoms with Crippen molar-refractivity contribution in [2.75, 3.05) is 19.8 Å². The molecule has 150 valence electrons. The smallest absolute Gasteiger partial charge is 0.306 e. The molecule has 0 amide bonds. The molecule has 0 bridgehead atoms. The molecule has 0 atom stereocenters. The standard InChI is InChI=1S/C19H20ClNO6S/c20-15-5-3-14(4-6-15)13-27-19(22)2-1-9-21-28(23,24)16-7-8-17-18(12-16)26-11-10-25-17/h3-8,12,21H,1-2,9-11,13H2. The van der Waals surface area contributed by atoms with Gasteiger partial charge in [-0.2, -0.15) is 0 Å². The third kappa shape index (κ3) is 5.60. The van der Waals surface area contributed by atoms with Gasteiger partial charge in [0.2, 0.25) is 10.0 Å². The van der Waals surface area contributed by atoms with Gasteiger partial charge in [0.05, 0.1) is 4.90 Å². The zero-order valence-electron chi connectivity index (χ0n) is 15.0. The van der Waals surface area contributed by atoms with Crippen molar-refractivity contribution in [3.05, 3.63) is 53.1 Å². The molecule has 0 unspecified atom stereocenters. The lowest BCUT2D eigenvalue weighted by Gasteiger charge is -2.18. The van der Waals surface area contributed by atoms with E-state index in [0.717, 1.165) is 5.56 Å². The van der Waals surface area contributed by atoms with Gasteiger partial charge in [-0.05, 0) is 36.2 Å². The Morgan fingerprint density at radius 1 is 1.07 bits per heavy atom. The number of hydrogen-bond acceptors (Lipinski definition) is 6. The van der Waals surface area contributed by atoms with Crippen LogP contribution >= 0.6 is 11.6 Å². The Morgan fingerprint density at radius 2 is 1.79 bits per heavy atom. The third-order valence-electron chi connectivity index (χ3n) is 3.99. The predicted octanol–water partition coefficient (Wildman–Crippen LogP) is 2.91. The largest absolute Gasteiger partial charge is 0.486 e. The zero-order chi connectivity index (χ0) is 20.0. The second-order valence-corrected chi connectivity index (χ2v) is 8.30. The van der Waals surface area contributed by atoms with Crippen molar-refractivity contribution in [2.45, 2.75) is 24.3 Å². The minimum absolute atomic E-state index is 0.0852. The van der Waals surface area contributed by atoms with Gasteiger partial charge in [0.15, 0.2) is 11.5 Å². The lowest BCUT2D eigenvalue weighted by molar-refractivity contribution is -0.145. The maximum Gasteiger partial charge on any atom is 0.306 e. The highest BCUT2D eigenvalue weighted by Crippen LogP contribution is 2.32. The van der Waals surface area contributed by atoms with Gasteiger partial charge < -0.3 is 14.2 Å². The molecule has 0 radical (unpaired) electrons.